The first-order valence-corrected chi connectivity index (χ1v) is 5.97. The number of carbonyl (C=O) groups is 1. The van der Waals surface area contributed by atoms with Crippen molar-refractivity contribution in [3.8, 4) is 0 Å². The molecule has 0 spiro atoms. The molecule has 1 aromatic rings. The molecular formula is C14H18O. The molecule has 1 aliphatic carbocycles. The van der Waals surface area contributed by atoms with E-state index < -0.39 is 0 Å². The van der Waals surface area contributed by atoms with E-state index in [4.69, 9.17) is 0 Å². The number of rotatable bonds is 3. The molecule has 1 heteroatoms. The summed E-state index contributed by atoms with van der Waals surface area (Å²) in [5.74, 6) is 0.364. The molecule has 0 radical (unpaired) electrons. The van der Waals surface area contributed by atoms with Crippen molar-refractivity contribution >= 4 is 5.78 Å². The highest BCUT2D eigenvalue weighted by Gasteiger charge is 2.19. The van der Waals surface area contributed by atoms with Crippen LogP contribution >= 0.6 is 0 Å². The molecule has 0 saturated carbocycles. The molecular weight excluding hydrogens is 184 g/mol. The minimum absolute atomic E-state index is 0.364. The Labute approximate surface area is 91.5 Å². The smallest absolute Gasteiger partial charge is 0.163 e. The van der Waals surface area contributed by atoms with Crippen LogP contribution in [-0.2, 0) is 12.8 Å². The number of ketones is 1. The molecule has 0 saturated heterocycles. The predicted octanol–water partition coefficient (Wildman–Crippen LogP) is 3.55. The van der Waals surface area contributed by atoms with Crippen molar-refractivity contribution in [2.24, 2.45) is 0 Å². The van der Waals surface area contributed by atoms with Gasteiger partial charge in [0.25, 0.3) is 0 Å². The molecule has 1 aromatic carbocycles. The van der Waals surface area contributed by atoms with Crippen LogP contribution in [0.4, 0.5) is 0 Å². The molecule has 0 heterocycles. The van der Waals surface area contributed by atoms with Crippen LogP contribution in [0.15, 0.2) is 18.2 Å². The third kappa shape index (κ3) is 2.11. The van der Waals surface area contributed by atoms with Crippen molar-refractivity contribution in [1.82, 2.24) is 0 Å². The zero-order valence-electron chi connectivity index (χ0n) is 9.38. The van der Waals surface area contributed by atoms with Gasteiger partial charge < -0.3 is 0 Å². The molecule has 0 atom stereocenters. The lowest BCUT2D eigenvalue weighted by atomic mass is 9.86. The maximum Gasteiger partial charge on any atom is 0.163 e. The van der Waals surface area contributed by atoms with Gasteiger partial charge in [-0.05, 0) is 36.8 Å². The molecule has 15 heavy (non-hydrogen) atoms. The van der Waals surface area contributed by atoms with Crippen LogP contribution < -0.4 is 0 Å². The molecule has 0 unspecified atom stereocenters. The van der Waals surface area contributed by atoms with Gasteiger partial charge in [0.15, 0.2) is 5.78 Å². The number of hydrogen-bond donors (Lipinski definition) is 0. The Morgan fingerprint density at radius 1 is 1.27 bits per heavy atom. The van der Waals surface area contributed by atoms with E-state index in [0.717, 1.165) is 31.2 Å². The molecule has 0 fully saturated rings. The standard InChI is InChI=1S/C14H18O/c1-2-3-6-11-7-4-8-12-9-5-10-13(15)14(11)12/h4,7-8H,2-3,5-6,9-10H2,1H3. The maximum atomic E-state index is 11.9. The second kappa shape index (κ2) is 4.61. The lowest BCUT2D eigenvalue weighted by Gasteiger charge is -2.18. The molecule has 0 N–H and O–H groups in total. The number of hydrogen-bond acceptors (Lipinski definition) is 1. The number of Topliss-reactive ketones (excluding diaryl/α,β-unsaturated/α-hetero) is 1. The second-order valence-corrected chi connectivity index (χ2v) is 4.33. The van der Waals surface area contributed by atoms with Gasteiger partial charge in [-0.15, -0.1) is 0 Å². The Balaban J connectivity index is 2.34. The van der Waals surface area contributed by atoms with Crippen LogP contribution in [0, 0.1) is 0 Å². The fourth-order valence-electron chi connectivity index (χ4n) is 2.36. The van der Waals surface area contributed by atoms with Crippen molar-refractivity contribution in [3.63, 3.8) is 0 Å². The number of unbranched alkanes of at least 4 members (excludes halogenated alkanes) is 1. The number of aryl methyl sites for hydroxylation is 2. The Morgan fingerprint density at radius 2 is 2.13 bits per heavy atom. The van der Waals surface area contributed by atoms with Crippen molar-refractivity contribution in [1.29, 1.82) is 0 Å². The first-order chi connectivity index (χ1) is 7.33. The van der Waals surface area contributed by atoms with Crippen molar-refractivity contribution in [3.05, 3.63) is 34.9 Å². The van der Waals surface area contributed by atoms with Crippen molar-refractivity contribution in [2.75, 3.05) is 0 Å². The predicted molar refractivity (Wildman–Crippen MR) is 62.3 cm³/mol. The summed E-state index contributed by atoms with van der Waals surface area (Å²) in [5.41, 5.74) is 3.61. The van der Waals surface area contributed by atoms with Gasteiger partial charge in [0.05, 0.1) is 0 Å². The molecule has 80 valence electrons. The summed E-state index contributed by atoms with van der Waals surface area (Å²) in [7, 11) is 0. The molecule has 0 aliphatic heterocycles. The van der Waals surface area contributed by atoms with E-state index in [-0.39, 0.29) is 0 Å². The van der Waals surface area contributed by atoms with Crippen LogP contribution in [0.5, 0.6) is 0 Å². The third-order valence-corrected chi connectivity index (χ3v) is 3.17. The highest BCUT2D eigenvalue weighted by Crippen LogP contribution is 2.25. The average molecular weight is 202 g/mol. The first-order valence-electron chi connectivity index (χ1n) is 5.97. The molecule has 0 amide bonds. The molecule has 2 rings (SSSR count). The Kier molecular flexibility index (Phi) is 3.20. The van der Waals surface area contributed by atoms with Crippen molar-refractivity contribution < 1.29 is 4.79 Å². The van der Waals surface area contributed by atoms with E-state index in [1.807, 2.05) is 0 Å². The Morgan fingerprint density at radius 3 is 2.93 bits per heavy atom. The van der Waals surface area contributed by atoms with E-state index in [1.165, 1.54) is 24.0 Å². The molecule has 1 aliphatic rings. The van der Waals surface area contributed by atoms with Gasteiger partial charge in [0.2, 0.25) is 0 Å². The van der Waals surface area contributed by atoms with Gasteiger partial charge in [-0.2, -0.15) is 0 Å². The first kappa shape index (κ1) is 10.4. The number of benzene rings is 1. The normalized spacial score (nSPS) is 15.1. The zero-order valence-corrected chi connectivity index (χ0v) is 9.38. The van der Waals surface area contributed by atoms with Gasteiger partial charge in [-0.3, -0.25) is 4.79 Å². The Hall–Kier alpha value is -1.11. The summed E-state index contributed by atoms with van der Waals surface area (Å²) < 4.78 is 0. The van der Waals surface area contributed by atoms with Gasteiger partial charge in [-0.25, -0.2) is 0 Å². The topological polar surface area (TPSA) is 17.1 Å². The average Bonchev–Trinajstić information content (AvgIpc) is 2.26. The van der Waals surface area contributed by atoms with Crippen LogP contribution in [0.25, 0.3) is 0 Å². The second-order valence-electron chi connectivity index (χ2n) is 4.33. The monoisotopic (exact) mass is 202 g/mol. The lowest BCUT2D eigenvalue weighted by Crippen LogP contribution is -2.13. The van der Waals surface area contributed by atoms with Crippen LogP contribution in [-0.4, -0.2) is 5.78 Å². The number of carbonyl (C=O) groups excluding carboxylic acids is 1. The third-order valence-electron chi connectivity index (χ3n) is 3.17. The summed E-state index contributed by atoms with van der Waals surface area (Å²) in [6, 6.07) is 6.34. The largest absolute Gasteiger partial charge is 0.294 e. The minimum Gasteiger partial charge on any atom is -0.294 e. The fraction of sp³-hybridized carbons (Fsp3) is 0.500. The number of fused-ring (bicyclic) bond motifs is 1. The summed E-state index contributed by atoms with van der Waals surface area (Å²) in [4.78, 5) is 11.9. The van der Waals surface area contributed by atoms with Gasteiger partial charge in [0.1, 0.15) is 0 Å². The maximum absolute atomic E-state index is 11.9. The van der Waals surface area contributed by atoms with Crippen LogP contribution in [0.1, 0.15) is 54.1 Å². The van der Waals surface area contributed by atoms with E-state index in [0.29, 0.717) is 5.78 Å². The van der Waals surface area contributed by atoms with E-state index in [2.05, 4.69) is 25.1 Å². The summed E-state index contributed by atoms with van der Waals surface area (Å²) in [6.07, 6.45) is 6.30. The summed E-state index contributed by atoms with van der Waals surface area (Å²) in [5, 5.41) is 0. The van der Waals surface area contributed by atoms with E-state index in [1.54, 1.807) is 0 Å². The van der Waals surface area contributed by atoms with Crippen molar-refractivity contribution in [2.45, 2.75) is 45.4 Å². The minimum atomic E-state index is 0.364. The zero-order chi connectivity index (χ0) is 10.7. The van der Waals surface area contributed by atoms with E-state index >= 15 is 0 Å². The van der Waals surface area contributed by atoms with Crippen LogP contribution in [0.2, 0.25) is 0 Å². The quantitative estimate of drug-likeness (QED) is 0.732. The fourth-order valence-corrected chi connectivity index (χ4v) is 2.36. The highest BCUT2D eigenvalue weighted by atomic mass is 16.1. The van der Waals surface area contributed by atoms with Crippen LogP contribution in [0.3, 0.4) is 0 Å². The van der Waals surface area contributed by atoms with Gasteiger partial charge in [-0.1, -0.05) is 31.5 Å². The SMILES string of the molecule is CCCCc1cccc2c1C(=O)CCC2. The highest BCUT2D eigenvalue weighted by molar-refractivity contribution is 5.99. The molecule has 1 nitrogen and oxygen atoms in total. The Bertz CT molecular complexity index is 366. The summed E-state index contributed by atoms with van der Waals surface area (Å²) >= 11 is 0. The van der Waals surface area contributed by atoms with Gasteiger partial charge in [0, 0.05) is 12.0 Å². The lowest BCUT2D eigenvalue weighted by molar-refractivity contribution is 0.0971. The molecule has 0 aromatic heterocycles. The van der Waals surface area contributed by atoms with E-state index in [9.17, 15) is 4.79 Å². The summed E-state index contributed by atoms with van der Waals surface area (Å²) in [6.45, 7) is 2.19. The molecule has 0 bridgehead atoms. The van der Waals surface area contributed by atoms with Gasteiger partial charge >= 0.3 is 0 Å².